The van der Waals surface area contributed by atoms with Crippen LogP contribution < -0.4 is 0 Å². The number of ketones is 1. The summed E-state index contributed by atoms with van der Waals surface area (Å²) < 4.78 is 14.6. The third-order valence-corrected chi connectivity index (χ3v) is 3.25. The number of methoxy groups -OCH3 is 3. The fraction of sp³-hybridized carbons (Fsp3) is 0.867. The van der Waals surface area contributed by atoms with Crippen LogP contribution in [-0.2, 0) is 23.8 Å². The molecule has 5 heteroatoms. The molecule has 0 spiro atoms. The van der Waals surface area contributed by atoms with E-state index in [-0.39, 0.29) is 18.0 Å². The van der Waals surface area contributed by atoms with E-state index >= 15 is 0 Å². The van der Waals surface area contributed by atoms with E-state index in [9.17, 15) is 9.59 Å². The van der Waals surface area contributed by atoms with Gasteiger partial charge in [0.25, 0.3) is 0 Å². The van der Waals surface area contributed by atoms with Crippen LogP contribution in [0.2, 0.25) is 0 Å². The number of carbonyl (C=O) groups is 2. The van der Waals surface area contributed by atoms with Crippen LogP contribution in [0.5, 0.6) is 0 Å². The second-order valence-corrected chi connectivity index (χ2v) is 4.82. The average Bonchev–Trinajstić information content (AvgIpc) is 2.46. The molecule has 0 amide bonds. The smallest absolute Gasteiger partial charge is 0.305 e. The summed E-state index contributed by atoms with van der Waals surface area (Å²) in [6, 6.07) is 0. The van der Waals surface area contributed by atoms with E-state index in [0.29, 0.717) is 25.7 Å². The van der Waals surface area contributed by atoms with Gasteiger partial charge in [0.2, 0.25) is 0 Å². The highest BCUT2D eigenvalue weighted by Gasteiger charge is 2.09. The van der Waals surface area contributed by atoms with Gasteiger partial charge in [-0.2, -0.15) is 0 Å². The monoisotopic (exact) mass is 288 g/mol. The van der Waals surface area contributed by atoms with Crippen molar-refractivity contribution >= 4 is 11.8 Å². The number of ether oxygens (including phenoxy) is 3. The van der Waals surface area contributed by atoms with Crippen molar-refractivity contribution in [2.45, 2.75) is 64.1 Å². The maximum atomic E-state index is 11.6. The van der Waals surface area contributed by atoms with Gasteiger partial charge in [0.1, 0.15) is 5.78 Å². The number of esters is 1. The minimum Gasteiger partial charge on any atom is -0.469 e. The van der Waals surface area contributed by atoms with Gasteiger partial charge in [-0.3, -0.25) is 9.59 Å². The predicted octanol–water partition coefficient (Wildman–Crippen LogP) is 2.86. The summed E-state index contributed by atoms with van der Waals surface area (Å²) in [5.41, 5.74) is 0. The minimum absolute atomic E-state index is 0.147. The quantitative estimate of drug-likeness (QED) is 0.296. The van der Waals surface area contributed by atoms with Crippen LogP contribution >= 0.6 is 0 Å². The zero-order chi connectivity index (χ0) is 15.2. The molecule has 5 nitrogen and oxygen atoms in total. The lowest BCUT2D eigenvalue weighted by molar-refractivity contribution is -0.140. The molecule has 0 radical (unpaired) electrons. The fourth-order valence-corrected chi connectivity index (χ4v) is 1.96. The molecule has 0 aliphatic heterocycles. The Bertz CT molecular complexity index is 261. The van der Waals surface area contributed by atoms with Crippen molar-refractivity contribution in [1.29, 1.82) is 0 Å². The topological polar surface area (TPSA) is 61.8 Å². The molecule has 0 saturated heterocycles. The van der Waals surface area contributed by atoms with E-state index in [1.807, 2.05) is 0 Å². The summed E-state index contributed by atoms with van der Waals surface area (Å²) >= 11 is 0. The zero-order valence-electron chi connectivity index (χ0n) is 13.0. The minimum atomic E-state index is -0.280. The summed E-state index contributed by atoms with van der Waals surface area (Å²) in [5, 5.41) is 0. The van der Waals surface area contributed by atoms with Gasteiger partial charge in [-0.25, -0.2) is 0 Å². The Labute approximate surface area is 122 Å². The van der Waals surface area contributed by atoms with E-state index in [2.05, 4.69) is 4.74 Å². The molecule has 0 aromatic heterocycles. The summed E-state index contributed by atoms with van der Waals surface area (Å²) in [4.78, 5) is 22.5. The third-order valence-electron chi connectivity index (χ3n) is 3.25. The van der Waals surface area contributed by atoms with Gasteiger partial charge >= 0.3 is 5.97 Å². The number of hydrogen-bond acceptors (Lipinski definition) is 5. The summed E-state index contributed by atoms with van der Waals surface area (Å²) in [6.45, 7) is 0. The van der Waals surface area contributed by atoms with Crippen LogP contribution in [-0.4, -0.2) is 39.4 Å². The second-order valence-electron chi connectivity index (χ2n) is 4.82. The Morgan fingerprint density at radius 2 is 1.35 bits per heavy atom. The van der Waals surface area contributed by atoms with Gasteiger partial charge in [-0.05, 0) is 12.8 Å². The van der Waals surface area contributed by atoms with E-state index in [1.165, 1.54) is 7.11 Å². The van der Waals surface area contributed by atoms with Gasteiger partial charge in [0.05, 0.1) is 7.11 Å². The third kappa shape index (κ3) is 10.9. The highest BCUT2D eigenvalue weighted by Crippen LogP contribution is 2.10. The molecule has 0 aromatic rings. The van der Waals surface area contributed by atoms with Crippen molar-refractivity contribution < 1.29 is 23.8 Å². The Hall–Kier alpha value is -0.940. The first-order valence-corrected chi connectivity index (χ1v) is 7.28. The molecule has 0 heterocycles. The van der Waals surface area contributed by atoms with Crippen molar-refractivity contribution in [3.8, 4) is 0 Å². The fourth-order valence-electron chi connectivity index (χ4n) is 1.96. The lowest BCUT2D eigenvalue weighted by Gasteiger charge is -2.12. The lowest BCUT2D eigenvalue weighted by atomic mass is 10.1. The van der Waals surface area contributed by atoms with Crippen LogP contribution in [0.3, 0.4) is 0 Å². The van der Waals surface area contributed by atoms with Crippen molar-refractivity contribution in [3.63, 3.8) is 0 Å². The van der Waals surface area contributed by atoms with E-state index in [1.54, 1.807) is 14.2 Å². The van der Waals surface area contributed by atoms with Crippen LogP contribution in [0, 0.1) is 0 Å². The highest BCUT2D eigenvalue weighted by molar-refractivity contribution is 5.78. The zero-order valence-corrected chi connectivity index (χ0v) is 13.0. The molecule has 0 aliphatic rings. The summed E-state index contributed by atoms with van der Waals surface area (Å²) in [5.74, 6) is 0.115. The van der Waals surface area contributed by atoms with Gasteiger partial charge in [-0.1, -0.05) is 19.3 Å². The first-order chi connectivity index (χ1) is 9.63. The molecule has 118 valence electrons. The molecule has 0 fully saturated rings. The first-order valence-electron chi connectivity index (χ1n) is 7.28. The van der Waals surface area contributed by atoms with E-state index in [4.69, 9.17) is 9.47 Å². The van der Waals surface area contributed by atoms with Crippen LogP contribution in [0.15, 0.2) is 0 Å². The molecule has 0 unspecified atom stereocenters. The number of hydrogen-bond donors (Lipinski definition) is 0. The van der Waals surface area contributed by atoms with Crippen LogP contribution in [0.4, 0.5) is 0 Å². The molecule has 20 heavy (non-hydrogen) atoms. The Kier molecular flexibility index (Phi) is 12.4. The molecule has 0 N–H and O–H groups in total. The molecular formula is C15H28O5. The first kappa shape index (κ1) is 19.1. The highest BCUT2D eigenvalue weighted by atomic mass is 16.7. The van der Waals surface area contributed by atoms with Crippen molar-refractivity contribution in [2.75, 3.05) is 21.3 Å². The number of unbranched alkanes of at least 4 members (excludes halogenated alkanes) is 4. The lowest BCUT2D eigenvalue weighted by Crippen LogP contribution is -2.14. The van der Waals surface area contributed by atoms with E-state index in [0.717, 1.165) is 32.1 Å². The standard InChI is InChI=1S/C15H28O5/c1-18-14(17)10-8-6-4-5-7-9-13(16)11-12-15(19-2)20-3/h15H,4-12H2,1-3H3. The van der Waals surface area contributed by atoms with Crippen molar-refractivity contribution in [1.82, 2.24) is 0 Å². The Morgan fingerprint density at radius 3 is 1.90 bits per heavy atom. The Balaban J connectivity index is 3.37. The number of carbonyl (C=O) groups excluding carboxylic acids is 2. The van der Waals surface area contributed by atoms with Crippen molar-refractivity contribution in [2.24, 2.45) is 0 Å². The van der Waals surface area contributed by atoms with Crippen molar-refractivity contribution in [3.05, 3.63) is 0 Å². The Morgan fingerprint density at radius 1 is 0.800 bits per heavy atom. The average molecular weight is 288 g/mol. The van der Waals surface area contributed by atoms with Gasteiger partial charge in [0, 0.05) is 39.9 Å². The SMILES string of the molecule is COC(=O)CCCCCCCC(=O)CCC(OC)OC. The van der Waals surface area contributed by atoms with Crippen LogP contribution in [0.1, 0.15) is 57.8 Å². The number of rotatable bonds is 13. The molecule has 0 aromatic carbocycles. The molecule has 0 rings (SSSR count). The van der Waals surface area contributed by atoms with Crippen LogP contribution in [0.25, 0.3) is 0 Å². The summed E-state index contributed by atoms with van der Waals surface area (Å²) in [7, 11) is 4.56. The maximum Gasteiger partial charge on any atom is 0.305 e. The second kappa shape index (κ2) is 13.1. The molecule has 0 atom stereocenters. The molecule has 0 aliphatic carbocycles. The van der Waals surface area contributed by atoms with E-state index < -0.39 is 0 Å². The number of Topliss-reactive ketones (excluding diaryl/α,β-unsaturated/α-hetero) is 1. The molecule has 0 bridgehead atoms. The molecular weight excluding hydrogens is 260 g/mol. The summed E-state index contributed by atoms with van der Waals surface area (Å²) in [6.07, 6.45) is 6.84. The predicted molar refractivity (Wildman–Crippen MR) is 76.4 cm³/mol. The maximum absolute atomic E-state index is 11.6. The normalized spacial score (nSPS) is 10.8. The van der Waals surface area contributed by atoms with Gasteiger partial charge < -0.3 is 14.2 Å². The van der Waals surface area contributed by atoms with Gasteiger partial charge in [0.15, 0.2) is 6.29 Å². The largest absolute Gasteiger partial charge is 0.469 e. The molecule has 0 saturated carbocycles. The van der Waals surface area contributed by atoms with Gasteiger partial charge in [-0.15, -0.1) is 0 Å².